The van der Waals surface area contributed by atoms with Gasteiger partial charge < -0.3 is 10.1 Å². The van der Waals surface area contributed by atoms with E-state index in [1.54, 1.807) is 7.11 Å². The fraction of sp³-hybridized carbons (Fsp3) is 0.148. The number of aromatic nitrogens is 1. The summed E-state index contributed by atoms with van der Waals surface area (Å²) in [7, 11) is 1.66. The average molecular weight is 487 g/mol. The number of para-hydroxylation sites is 1. The number of ether oxygens (including phenoxy) is 1. The standard InChI is InChI=1S/C27H23ClN4OS/c1-17-8-9-19-15-22(26(28)30-23(19)14-17)25-16-24(18-10-12-21(33-2)13-11-18)31-32(25)27(34)29-20-6-4-3-5-7-20/h3-15,25H,16H2,1-2H3,(H,29,34). The number of hydrogen-bond acceptors (Lipinski definition) is 4. The first kappa shape index (κ1) is 22.3. The largest absolute Gasteiger partial charge is 0.497 e. The number of hydrazone groups is 1. The van der Waals surface area contributed by atoms with Crippen LogP contribution in [-0.2, 0) is 0 Å². The number of rotatable bonds is 4. The second-order valence-corrected chi connectivity index (χ2v) is 8.95. The average Bonchev–Trinajstić information content (AvgIpc) is 3.29. The number of halogens is 1. The van der Waals surface area contributed by atoms with E-state index < -0.39 is 0 Å². The van der Waals surface area contributed by atoms with E-state index in [9.17, 15) is 0 Å². The van der Waals surface area contributed by atoms with Crippen LogP contribution in [0.4, 0.5) is 5.69 Å². The van der Waals surface area contributed by atoms with E-state index in [4.69, 9.17) is 33.7 Å². The summed E-state index contributed by atoms with van der Waals surface area (Å²) in [6, 6.07) is 25.8. The van der Waals surface area contributed by atoms with E-state index in [0.717, 1.165) is 44.7 Å². The van der Waals surface area contributed by atoms with Crippen LogP contribution < -0.4 is 10.1 Å². The molecule has 7 heteroatoms. The molecule has 0 fully saturated rings. The van der Waals surface area contributed by atoms with Crippen molar-refractivity contribution in [1.82, 2.24) is 9.99 Å². The Bertz CT molecular complexity index is 1390. The monoisotopic (exact) mass is 486 g/mol. The number of benzene rings is 3. The molecule has 5 nitrogen and oxygen atoms in total. The Morgan fingerprint density at radius 1 is 1.06 bits per heavy atom. The molecule has 5 rings (SSSR count). The highest BCUT2D eigenvalue weighted by atomic mass is 35.5. The van der Waals surface area contributed by atoms with Crippen LogP contribution in [0.3, 0.4) is 0 Å². The number of pyridine rings is 1. The second kappa shape index (κ2) is 9.41. The van der Waals surface area contributed by atoms with Gasteiger partial charge in [-0.05, 0) is 78.8 Å². The molecule has 170 valence electrons. The van der Waals surface area contributed by atoms with E-state index in [1.807, 2.05) is 72.6 Å². The number of nitrogens with one attached hydrogen (secondary N) is 1. The molecule has 0 saturated carbocycles. The van der Waals surface area contributed by atoms with E-state index in [2.05, 4.69) is 28.5 Å². The molecule has 34 heavy (non-hydrogen) atoms. The summed E-state index contributed by atoms with van der Waals surface area (Å²) in [4.78, 5) is 4.69. The van der Waals surface area contributed by atoms with Gasteiger partial charge in [-0.1, -0.05) is 41.9 Å². The highest BCUT2D eigenvalue weighted by Crippen LogP contribution is 2.38. The Labute approximate surface area is 209 Å². The van der Waals surface area contributed by atoms with Gasteiger partial charge in [0, 0.05) is 23.1 Å². The molecule has 0 radical (unpaired) electrons. The molecule has 0 amide bonds. The van der Waals surface area contributed by atoms with Crippen molar-refractivity contribution in [3.63, 3.8) is 0 Å². The van der Waals surface area contributed by atoms with Crippen molar-refractivity contribution in [2.45, 2.75) is 19.4 Å². The van der Waals surface area contributed by atoms with E-state index in [-0.39, 0.29) is 6.04 Å². The Balaban J connectivity index is 1.54. The smallest absolute Gasteiger partial charge is 0.194 e. The lowest BCUT2D eigenvalue weighted by Crippen LogP contribution is -2.31. The normalized spacial score (nSPS) is 15.3. The maximum atomic E-state index is 6.73. The minimum Gasteiger partial charge on any atom is -0.497 e. The van der Waals surface area contributed by atoms with Gasteiger partial charge in [-0.15, -0.1) is 0 Å². The van der Waals surface area contributed by atoms with Crippen molar-refractivity contribution < 1.29 is 4.74 Å². The van der Waals surface area contributed by atoms with Gasteiger partial charge in [-0.2, -0.15) is 5.10 Å². The Morgan fingerprint density at radius 3 is 2.56 bits per heavy atom. The molecule has 1 aliphatic rings. The molecule has 0 bridgehead atoms. The lowest BCUT2D eigenvalue weighted by Gasteiger charge is -2.25. The molecule has 0 aliphatic carbocycles. The predicted molar refractivity (Wildman–Crippen MR) is 143 cm³/mol. The summed E-state index contributed by atoms with van der Waals surface area (Å²) in [6.45, 7) is 2.05. The Hall–Kier alpha value is -3.48. The van der Waals surface area contributed by atoms with Gasteiger partial charge in [-0.3, -0.25) is 0 Å². The summed E-state index contributed by atoms with van der Waals surface area (Å²) in [5.41, 5.74) is 5.74. The highest BCUT2D eigenvalue weighted by molar-refractivity contribution is 7.80. The van der Waals surface area contributed by atoms with E-state index in [0.29, 0.717) is 16.7 Å². The summed E-state index contributed by atoms with van der Waals surface area (Å²) < 4.78 is 5.31. The van der Waals surface area contributed by atoms with Crippen LogP contribution in [0.25, 0.3) is 10.9 Å². The second-order valence-electron chi connectivity index (χ2n) is 8.20. The van der Waals surface area contributed by atoms with Crippen LogP contribution in [-0.4, -0.2) is 27.9 Å². The summed E-state index contributed by atoms with van der Waals surface area (Å²) in [5, 5.41) is 12.1. The molecule has 2 heterocycles. The molecule has 4 aromatic rings. The number of aryl methyl sites for hydroxylation is 1. The zero-order chi connectivity index (χ0) is 23.7. The number of methoxy groups -OCH3 is 1. The first-order chi connectivity index (χ1) is 16.5. The number of hydrogen-bond donors (Lipinski definition) is 1. The lowest BCUT2D eigenvalue weighted by atomic mass is 9.98. The van der Waals surface area contributed by atoms with Crippen molar-refractivity contribution in [3.8, 4) is 5.75 Å². The highest BCUT2D eigenvalue weighted by Gasteiger charge is 2.33. The lowest BCUT2D eigenvalue weighted by molar-refractivity contribution is 0.375. The van der Waals surface area contributed by atoms with Gasteiger partial charge in [0.25, 0.3) is 0 Å². The zero-order valence-electron chi connectivity index (χ0n) is 18.8. The maximum absolute atomic E-state index is 6.73. The topological polar surface area (TPSA) is 49.8 Å². The molecule has 0 spiro atoms. The first-order valence-electron chi connectivity index (χ1n) is 11.0. The molecule has 1 aliphatic heterocycles. The Morgan fingerprint density at radius 2 is 1.82 bits per heavy atom. The molecule has 3 aromatic carbocycles. The predicted octanol–water partition coefficient (Wildman–Crippen LogP) is 6.75. The van der Waals surface area contributed by atoms with Crippen molar-refractivity contribution in [1.29, 1.82) is 0 Å². The minimum atomic E-state index is -0.188. The van der Waals surface area contributed by atoms with Crippen LogP contribution in [0.2, 0.25) is 5.15 Å². The third kappa shape index (κ3) is 4.47. The van der Waals surface area contributed by atoms with E-state index in [1.165, 1.54) is 0 Å². The van der Waals surface area contributed by atoms with Crippen LogP contribution in [0.15, 0.2) is 84.0 Å². The molecular formula is C27H23ClN4OS. The van der Waals surface area contributed by atoms with Crippen molar-refractivity contribution in [2.75, 3.05) is 12.4 Å². The first-order valence-corrected chi connectivity index (χ1v) is 11.7. The third-order valence-corrected chi connectivity index (χ3v) is 6.47. The summed E-state index contributed by atoms with van der Waals surface area (Å²) in [5.74, 6) is 0.800. The SMILES string of the molecule is COc1ccc(C2=NN(C(=S)Nc3ccccc3)C(c3cc4ccc(C)cc4nc3Cl)C2)cc1. The Kier molecular flexibility index (Phi) is 6.18. The van der Waals surface area contributed by atoms with Gasteiger partial charge in [0.2, 0.25) is 0 Å². The molecule has 1 N–H and O–H groups in total. The molecular weight excluding hydrogens is 464 g/mol. The van der Waals surface area contributed by atoms with Crippen molar-refractivity contribution in [3.05, 3.63) is 101 Å². The quantitative estimate of drug-likeness (QED) is 0.255. The fourth-order valence-corrected chi connectivity index (χ4v) is 4.66. The zero-order valence-corrected chi connectivity index (χ0v) is 20.4. The van der Waals surface area contributed by atoms with E-state index >= 15 is 0 Å². The molecule has 1 unspecified atom stereocenters. The number of anilines is 1. The molecule has 1 atom stereocenters. The summed E-state index contributed by atoms with van der Waals surface area (Å²) in [6.07, 6.45) is 0.641. The fourth-order valence-electron chi connectivity index (χ4n) is 4.10. The van der Waals surface area contributed by atoms with Gasteiger partial charge >= 0.3 is 0 Å². The van der Waals surface area contributed by atoms with Gasteiger partial charge in [0.1, 0.15) is 10.9 Å². The minimum absolute atomic E-state index is 0.188. The van der Waals surface area contributed by atoms with Crippen molar-refractivity contribution >= 4 is 51.2 Å². The third-order valence-electron chi connectivity index (χ3n) is 5.88. The van der Waals surface area contributed by atoms with Crippen LogP contribution in [0, 0.1) is 6.92 Å². The van der Waals surface area contributed by atoms with Crippen LogP contribution >= 0.6 is 23.8 Å². The van der Waals surface area contributed by atoms with Gasteiger partial charge in [0.15, 0.2) is 5.11 Å². The van der Waals surface area contributed by atoms with Gasteiger partial charge in [0.05, 0.1) is 24.4 Å². The van der Waals surface area contributed by atoms with Gasteiger partial charge in [-0.25, -0.2) is 9.99 Å². The molecule has 1 aromatic heterocycles. The number of fused-ring (bicyclic) bond motifs is 1. The number of nitrogens with zero attached hydrogens (tertiary/aromatic N) is 3. The number of thiocarbonyl (C=S) groups is 1. The summed E-state index contributed by atoms with van der Waals surface area (Å²) >= 11 is 12.5. The maximum Gasteiger partial charge on any atom is 0.194 e. The van der Waals surface area contributed by atoms with Crippen molar-refractivity contribution in [2.24, 2.45) is 5.10 Å². The molecule has 0 saturated heterocycles. The van der Waals surface area contributed by atoms with Crippen LogP contribution in [0.5, 0.6) is 5.75 Å². The van der Waals surface area contributed by atoms with Crippen LogP contribution in [0.1, 0.15) is 29.2 Å².